The highest BCUT2D eigenvalue weighted by molar-refractivity contribution is 7.99. The molecule has 3 nitrogen and oxygen atoms in total. The predicted octanol–water partition coefficient (Wildman–Crippen LogP) is 5.95. The van der Waals surface area contributed by atoms with Crippen molar-refractivity contribution >= 4 is 17.4 Å². The summed E-state index contributed by atoms with van der Waals surface area (Å²) in [6.45, 7) is 1.81. The summed E-state index contributed by atoms with van der Waals surface area (Å²) >= 11 is 1.62. The number of para-hydroxylation sites is 1. The molecule has 1 aliphatic heterocycles. The molecule has 0 aliphatic carbocycles. The Bertz CT molecular complexity index is 959. The van der Waals surface area contributed by atoms with E-state index in [0.29, 0.717) is 18.7 Å². The molecule has 0 spiro atoms. The van der Waals surface area contributed by atoms with E-state index in [1.807, 2.05) is 30.3 Å². The zero-order valence-corrected chi connectivity index (χ0v) is 16.3. The van der Waals surface area contributed by atoms with Crippen molar-refractivity contribution in [2.24, 2.45) is 0 Å². The molecule has 0 saturated carbocycles. The topological polar surface area (TPSA) is 25.6 Å². The van der Waals surface area contributed by atoms with Crippen LogP contribution in [0, 0.1) is 11.6 Å². The smallest absolute Gasteiger partial charge is 0.130 e. The van der Waals surface area contributed by atoms with Gasteiger partial charge in [-0.25, -0.2) is 8.78 Å². The van der Waals surface area contributed by atoms with Crippen LogP contribution in [0.1, 0.15) is 28.8 Å². The number of fused-ring (bicyclic) bond motifs is 1. The molecule has 2 heterocycles. The average Bonchev–Trinajstić information content (AvgIpc) is 3.03. The maximum absolute atomic E-state index is 14.4. The number of thioether (sulfide) groups is 1. The van der Waals surface area contributed by atoms with Crippen molar-refractivity contribution in [1.82, 2.24) is 0 Å². The molecule has 0 saturated heterocycles. The standard InChI is InChI=1S/C22H21F2NO2S/c1-26-14-17-8-7-16(27-17)13-25-11-10-21(18-9-6-15(23)12-19(18)24)28-22-5-3-2-4-20(22)25/h2-9,12,21H,10-11,13-14H2,1H3. The molecule has 0 amide bonds. The number of hydrogen-bond donors (Lipinski definition) is 0. The molecule has 146 valence electrons. The summed E-state index contributed by atoms with van der Waals surface area (Å²) < 4.78 is 38.7. The fourth-order valence-corrected chi connectivity index (χ4v) is 4.81. The molecule has 0 radical (unpaired) electrons. The van der Waals surface area contributed by atoms with Crippen LogP contribution in [-0.4, -0.2) is 13.7 Å². The van der Waals surface area contributed by atoms with Crippen LogP contribution >= 0.6 is 11.8 Å². The van der Waals surface area contributed by atoms with Crippen LogP contribution in [0.2, 0.25) is 0 Å². The fourth-order valence-electron chi connectivity index (χ4n) is 3.48. The van der Waals surface area contributed by atoms with Gasteiger partial charge >= 0.3 is 0 Å². The summed E-state index contributed by atoms with van der Waals surface area (Å²) in [5.74, 6) is 0.616. The minimum Gasteiger partial charge on any atom is -0.462 e. The van der Waals surface area contributed by atoms with Gasteiger partial charge < -0.3 is 14.1 Å². The predicted molar refractivity (Wildman–Crippen MR) is 106 cm³/mol. The molecule has 4 rings (SSSR count). The van der Waals surface area contributed by atoms with Gasteiger partial charge in [-0.3, -0.25) is 0 Å². The van der Waals surface area contributed by atoms with Crippen LogP contribution in [0.3, 0.4) is 0 Å². The third-order valence-electron chi connectivity index (χ3n) is 4.80. The van der Waals surface area contributed by atoms with Crippen molar-refractivity contribution in [3.05, 3.63) is 83.3 Å². The van der Waals surface area contributed by atoms with E-state index in [2.05, 4.69) is 11.0 Å². The van der Waals surface area contributed by atoms with Crippen molar-refractivity contribution in [2.75, 3.05) is 18.6 Å². The van der Waals surface area contributed by atoms with E-state index < -0.39 is 11.6 Å². The minimum absolute atomic E-state index is 0.0765. The highest BCUT2D eigenvalue weighted by Crippen LogP contribution is 2.46. The average molecular weight is 401 g/mol. The van der Waals surface area contributed by atoms with Gasteiger partial charge in [0.1, 0.15) is 29.8 Å². The van der Waals surface area contributed by atoms with Gasteiger partial charge in [-0.15, -0.1) is 11.8 Å². The molecular formula is C22H21F2NO2S. The maximum atomic E-state index is 14.4. The Hall–Kier alpha value is -2.31. The monoisotopic (exact) mass is 401 g/mol. The van der Waals surface area contributed by atoms with Gasteiger partial charge in [-0.2, -0.15) is 0 Å². The molecule has 1 unspecified atom stereocenters. The first-order chi connectivity index (χ1) is 13.6. The van der Waals surface area contributed by atoms with Gasteiger partial charge in [0.05, 0.1) is 12.2 Å². The van der Waals surface area contributed by atoms with Gasteiger partial charge in [0, 0.05) is 35.4 Å². The minimum atomic E-state index is -0.549. The van der Waals surface area contributed by atoms with Crippen LogP contribution in [0.15, 0.2) is 63.9 Å². The van der Waals surface area contributed by atoms with Crippen LogP contribution in [0.4, 0.5) is 14.5 Å². The summed E-state index contributed by atoms with van der Waals surface area (Å²) in [6, 6.07) is 15.8. The summed E-state index contributed by atoms with van der Waals surface area (Å²) in [6.07, 6.45) is 0.744. The lowest BCUT2D eigenvalue weighted by Gasteiger charge is -2.23. The first-order valence-corrected chi connectivity index (χ1v) is 10.0. The molecule has 3 aromatic rings. The number of furan rings is 1. The van der Waals surface area contributed by atoms with E-state index in [1.165, 1.54) is 6.07 Å². The molecule has 0 bridgehead atoms. The van der Waals surface area contributed by atoms with Crippen LogP contribution in [-0.2, 0) is 17.9 Å². The van der Waals surface area contributed by atoms with Crippen molar-refractivity contribution < 1.29 is 17.9 Å². The number of rotatable bonds is 5. The van der Waals surface area contributed by atoms with Gasteiger partial charge in [0.15, 0.2) is 0 Å². The van der Waals surface area contributed by atoms with E-state index in [9.17, 15) is 8.78 Å². The second-order valence-electron chi connectivity index (χ2n) is 6.75. The molecule has 6 heteroatoms. The molecule has 28 heavy (non-hydrogen) atoms. The third kappa shape index (κ3) is 4.08. The molecule has 1 aliphatic rings. The number of ether oxygens (including phenoxy) is 1. The number of hydrogen-bond acceptors (Lipinski definition) is 4. The molecule has 0 fully saturated rings. The Morgan fingerprint density at radius 3 is 2.75 bits per heavy atom. The van der Waals surface area contributed by atoms with Crippen LogP contribution in [0.5, 0.6) is 0 Å². The molecule has 2 aromatic carbocycles. The van der Waals surface area contributed by atoms with Gasteiger partial charge in [0.2, 0.25) is 0 Å². The van der Waals surface area contributed by atoms with E-state index in [4.69, 9.17) is 9.15 Å². The first-order valence-electron chi connectivity index (χ1n) is 9.16. The van der Waals surface area contributed by atoms with Crippen molar-refractivity contribution in [2.45, 2.75) is 29.7 Å². The quantitative estimate of drug-likeness (QED) is 0.528. The lowest BCUT2D eigenvalue weighted by molar-refractivity contribution is 0.162. The van der Waals surface area contributed by atoms with Gasteiger partial charge in [-0.05, 0) is 36.8 Å². The highest BCUT2D eigenvalue weighted by atomic mass is 32.2. The van der Waals surface area contributed by atoms with E-state index in [1.54, 1.807) is 24.9 Å². The summed E-state index contributed by atoms with van der Waals surface area (Å²) in [4.78, 5) is 3.33. The Balaban J connectivity index is 1.60. The van der Waals surface area contributed by atoms with E-state index >= 15 is 0 Å². The van der Waals surface area contributed by atoms with Crippen molar-refractivity contribution in [3.63, 3.8) is 0 Å². The largest absolute Gasteiger partial charge is 0.462 e. The Morgan fingerprint density at radius 2 is 1.93 bits per heavy atom. The molecule has 0 N–H and O–H groups in total. The number of methoxy groups -OCH3 is 1. The summed E-state index contributed by atoms with van der Waals surface area (Å²) in [7, 11) is 1.64. The Morgan fingerprint density at radius 1 is 1.11 bits per heavy atom. The number of benzene rings is 2. The molecule has 1 atom stereocenters. The number of anilines is 1. The van der Waals surface area contributed by atoms with E-state index in [-0.39, 0.29) is 5.25 Å². The maximum Gasteiger partial charge on any atom is 0.130 e. The van der Waals surface area contributed by atoms with Crippen LogP contribution < -0.4 is 4.90 Å². The summed E-state index contributed by atoms with van der Waals surface area (Å²) in [5, 5.41) is -0.0765. The number of nitrogens with zero attached hydrogens (tertiary/aromatic N) is 1. The number of halogens is 2. The van der Waals surface area contributed by atoms with Crippen LogP contribution in [0.25, 0.3) is 0 Å². The summed E-state index contributed by atoms with van der Waals surface area (Å²) in [5.41, 5.74) is 1.64. The lowest BCUT2D eigenvalue weighted by Crippen LogP contribution is -2.23. The van der Waals surface area contributed by atoms with Gasteiger partial charge in [0.25, 0.3) is 0 Å². The molecule has 1 aromatic heterocycles. The zero-order chi connectivity index (χ0) is 19.5. The normalized spacial score (nSPS) is 16.7. The van der Waals surface area contributed by atoms with E-state index in [0.717, 1.165) is 41.1 Å². The van der Waals surface area contributed by atoms with Crippen molar-refractivity contribution in [1.29, 1.82) is 0 Å². The fraction of sp³-hybridized carbons (Fsp3) is 0.273. The SMILES string of the molecule is COCc1ccc(CN2CCC(c3ccc(F)cc3F)Sc3ccccc32)o1. The zero-order valence-electron chi connectivity index (χ0n) is 15.5. The van der Waals surface area contributed by atoms with Crippen molar-refractivity contribution in [3.8, 4) is 0 Å². The Labute approximate surface area is 167 Å². The second-order valence-corrected chi connectivity index (χ2v) is 8.00. The first kappa shape index (κ1) is 19.0. The Kier molecular flexibility index (Phi) is 5.69. The van der Waals surface area contributed by atoms with Gasteiger partial charge in [-0.1, -0.05) is 18.2 Å². The lowest BCUT2D eigenvalue weighted by atomic mass is 10.1. The second kappa shape index (κ2) is 8.37. The molecular weight excluding hydrogens is 380 g/mol. The third-order valence-corrected chi connectivity index (χ3v) is 6.17. The highest BCUT2D eigenvalue weighted by Gasteiger charge is 2.25.